The molecule has 0 amide bonds. The molecule has 0 bridgehead atoms. The van der Waals surface area contributed by atoms with Gasteiger partial charge < -0.3 is 5.11 Å². The van der Waals surface area contributed by atoms with E-state index >= 15 is 0 Å². The Morgan fingerprint density at radius 2 is 1.13 bits per heavy atom. The lowest BCUT2D eigenvalue weighted by Crippen LogP contribution is -1.83. The lowest BCUT2D eigenvalue weighted by Gasteiger charge is -2.09. The first kappa shape index (κ1) is 13.6. The van der Waals surface area contributed by atoms with Gasteiger partial charge >= 0.3 is 0 Å². The Kier molecular flexibility index (Phi) is 3.32. The van der Waals surface area contributed by atoms with Crippen LogP contribution in [0.5, 0.6) is 5.75 Å². The van der Waals surface area contributed by atoms with Gasteiger partial charge in [0.1, 0.15) is 5.75 Å². The number of rotatable bonds is 2. The summed E-state index contributed by atoms with van der Waals surface area (Å²) in [5.41, 5.74) is 4.27. The molecule has 0 aromatic heterocycles. The van der Waals surface area contributed by atoms with Crippen LogP contribution in [0.2, 0.25) is 0 Å². The maximum Gasteiger partial charge on any atom is 0.124 e. The smallest absolute Gasteiger partial charge is 0.124 e. The fourth-order valence-electron chi connectivity index (χ4n) is 2.94. The summed E-state index contributed by atoms with van der Waals surface area (Å²) in [6.07, 6.45) is 0. The van der Waals surface area contributed by atoms with Crippen molar-refractivity contribution in [2.24, 2.45) is 0 Å². The molecule has 0 fully saturated rings. The number of fused-ring (bicyclic) bond motifs is 1. The summed E-state index contributed by atoms with van der Waals surface area (Å²) in [5, 5.41) is 12.5. The van der Waals surface area contributed by atoms with Crippen LogP contribution in [0.3, 0.4) is 0 Å². The molecular formula is C22H16O. The number of benzene rings is 4. The van der Waals surface area contributed by atoms with E-state index < -0.39 is 0 Å². The van der Waals surface area contributed by atoms with Crippen molar-refractivity contribution in [1.29, 1.82) is 0 Å². The van der Waals surface area contributed by atoms with E-state index in [4.69, 9.17) is 0 Å². The highest BCUT2D eigenvalue weighted by atomic mass is 16.3. The Morgan fingerprint density at radius 3 is 1.83 bits per heavy atom. The second kappa shape index (κ2) is 5.62. The topological polar surface area (TPSA) is 20.2 Å². The molecule has 4 rings (SSSR count). The quantitative estimate of drug-likeness (QED) is 0.490. The molecule has 0 aliphatic carbocycles. The van der Waals surface area contributed by atoms with E-state index in [9.17, 15) is 5.11 Å². The molecule has 0 aliphatic rings. The summed E-state index contributed by atoms with van der Waals surface area (Å²) >= 11 is 0. The normalized spacial score (nSPS) is 10.8. The first-order valence-corrected chi connectivity index (χ1v) is 7.69. The van der Waals surface area contributed by atoms with E-state index in [0.717, 1.165) is 21.9 Å². The zero-order chi connectivity index (χ0) is 15.6. The molecule has 1 nitrogen and oxygen atoms in total. The van der Waals surface area contributed by atoms with Crippen LogP contribution in [-0.2, 0) is 0 Å². The second-order valence-corrected chi connectivity index (χ2v) is 5.66. The minimum atomic E-state index is 0.316. The molecular weight excluding hydrogens is 280 g/mol. The van der Waals surface area contributed by atoms with Crippen molar-refractivity contribution in [3.8, 4) is 28.0 Å². The second-order valence-electron chi connectivity index (χ2n) is 5.66. The fourth-order valence-corrected chi connectivity index (χ4v) is 2.94. The third-order valence-electron chi connectivity index (χ3n) is 4.15. The van der Waals surface area contributed by atoms with Crippen molar-refractivity contribution in [2.75, 3.05) is 0 Å². The molecule has 0 heterocycles. The molecule has 110 valence electrons. The monoisotopic (exact) mass is 296 g/mol. The van der Waals surface area contributed by atoms with Crippen molar-refractivity contribution >= 4 is 10.8 Å². The van der Waals surface area contributed by atoms with Crippen LogP contribution in [-0.4, -0.2) is 5.11 Å². The molecule has 0 radical (unpaired) electrons. The Bertz CT molecular complexity index is 957. The van der Waals surface area contributed by atoms with Crippen LogP contribution >= 0.6 is 0 Å². The number of hydrogen-bond acceptors (Lipinski definition) is 1. The van der Waals surface area contributed by atoms with E-state index in [0.29, 0.717) is 5.75 Å². The van der Waals surface area contributed by atoms with Crippen LogP contribution in [0.15, 0.2) is 91.0 Å². The van der Waals surface area contributed by atoms with Gasteiger partial charge in [0.05, 0.1) is 0 Å². The number of phenols is 1. The Morgan fingerprint density at radius 1 is 0.478 bits per heavy atom. The molecule has 4 aromatic rings. The Hall–Kier alpha value is -3.06. The highest BCUT2D eigenvalue weighted by Crippen LogP contribution is 2.34. The van der Waals surface area contributed by atoms with Crippen molar-refractivity contribution in [3.63, 3.8) is 0 Å². The van der Waals surface area contributed by atoms with E-state index in [1.54, 1.807) is 0 Å². The maximum absolute atomic E-state index is 10.3. The zero-order valence-corrected chi connectivity index (χ0v) is 12.6. The highest BCUT2D eigenvalue weighted by Gasteiger charge is 2.07. The average Bonchev–Trinajstić information content (AvgIpc) is 2.62. The summed E-state index contributed by atoms with van der Waals surface area (Å²) < 4.78 is 0. The maximum atomic E-state index is 10.3. The van der Waals surface area contributed by atoms with Crippen molar-refractivity contribution in [2.45, 2.75) is 0 Å². The van der Waals surface area contributed by atoms with Gasteiger partial charge in [-0.25, -0.2) is 0 Å². The standard InChI is InChI=1S/C22H16O/c23-22-15-19-12-11-18(16-7-3-1-4-8-16)13-20(19)14-21(22)17-9-5-2-6-10-17/h1-15,23H. The Balaban J connectivity index is 1.89. The summed E-state index contributed by atoms with van der Waals surface area (Å²) in [5.74, 6) is 0.316. The predicted octanol–water partition coefficient (Wildman–Crippen LogP) is 5.88. The average molecular weight is 296 g/mol. The SMILES string of the molecule is Oc1cc2ccc(-c3ccccc3)cc2cc1-c1ccccc1. The van der Waals surface area contributed by atoms with Crippen molar-refractivity contribution < 1.29 is 5.11 Å². The number of phenolic OH excluding ortho intramolecular Hbond substituents is 1. The van der Waals surface area contributed by atoms with E-state index in [1.165, 1.54) is 11.1 Å². The molecule has 1 heteroatoms. The summed E-state index contributed by atoms with van der Waals surface area (Å²) in [6.45, 7) is 0. The van der Waals surface area contributed by atoms with E-state index in [2.05, 4.69) is 36.4 Å². The van der Waals surface area contributed by atoms with Crippen LogP contribution < -0.4 is 0 Å². The molecule has 4 aromatic carbocycles. The van der Waals surface area contributed by atoms with Gasteiger partial charge in [-0.3, -0.25) is 0 Å². The molecule has 1 N–H and O–H groups in total. The third-order valence-corrected chi connectivity index (χ3v) is 4.15. The molecule has 0 spiro atoms. The molecule has 0 saturated carbocycles. The zero-order valence-electron chi connectivity index (χ0n) is 12.6. The first-order chi connectivity index (χ1) is 11.3. The lowest BCUT2D eigenvalue weighted by molar-refractivity contribution is 0.478. The highest BCUT2D eigenvalue weighted by molar-refractivity contribution is 5.93. The van der Waals surface area contributed by atoms with Gasteiger partial charge in [0, 0.05) is 5.56 Å². The summed E-state index contributed by atoms with van der Waals surface area (Å²) in [7, 11) is 0. The lowest BCUT2D eigenvalue weighted by atomic mass is 9.97. The largest absolute Gasteiger partial charge is 0.507 e. The molecule has 0 atom stereocenters. The molecule has 0 saturated heterocycles. The van der Waals surface area contributed by atoms with Crippen LogP contribution in [0.1, 0.15) is 0 Å². The van der Waals surface area contributed by atoms with Gasteiger partial charge in [0.15, 0.2) is 0 Å². The van der Waals surface area contributed by atoms with Crippen LogP contribution in [0.25, 0.3) is 33.0 Å². The Labute approximate surface area is 135 Å². The van der Waals surface area contributed by atoms with Gasteiger partial charge in [-0.15, -0.1) is 0 Å². The van der Waals surface area contributed by atoms with Crippen molar-refractivity contribution in [1.82, 2.24) is 0 Å². The first-order valence-electron chi connectivity index (χ1n) is 7.69. The number of hydrogen-bond donors (Lipinski definition) is 1. The van der Waals surface area contributed by atoms with Gasteiger partial charge in [-0.1, -0.05) is 72.8 Å². The van der Waals surface area contributed by atoms with Crippen molar-refractivity contribution in [3.05, 3.63) is 91.0 Å². The fraction of sp³-hybridized carbons (Fsp3) is 0. The van der Waals surface area contributed by atoms with Crippen LogP contribution in [0.4, 0.5) is 0 Å². The van der Waals surface area contributed by atoms with Crippen LogP contribution in [0, 0.1) is 0 Å². The molecule has 23 heavy (non-hydrogen) atoms. The van der Waals surface area contributed by atoms with Gasteiger partial charge in [-0.2, -0.15) is 0 Å². The summed E-state index contributed by atoms with van der Waals surface area (Å²) in [6, 6.07) is 30.6. The van der Waals surface area contributed by atoms with Gasteiger partial charge in [0.2, 0.25) is 0 Å². The predicted molar refractivity (Wildman–Crippen MR) is 96.5 cm³/mol. The minimum Gasteiger partial charge on any atom is -0.507 e. The number of aromatic hydroxyl groups is 1. The summed E-state index contributed by atoms with van der Waals surface area (Å²) in [4.78, 5) is 0. The van der Waals surface area contributed by atoms with E-state index in [1.807, 2.05) is 54.6 Å². The van der Waals surface area contributed by atoms with Gasteiger partial charge in [0.25, 0.3) is 0 Å². The third kappa shape index (κ3) is 2.58. The van der Waals surface area contributed by atoms with Gasteiger partial charge in [-0.05, 0) is 45.7 Å². The molecule has 0 unspecified atom stereocenters. The molecule has 0 aliphatic heterocycles. The minimum absolute atomic E-state index is 0.316. The van der Waals surface area contributed by atoms with E-state index in [-0.39, 0.29) is 0 Å².